The lowest BCUT2D eigenvalue weighted by Gasteiger charge is -2.05. The Morgan fingerprint density at radius 1 is 1.38 bits per heavy atom. The molecular weight excluding hydrogens is 185 g/mol. The number of aromatic nitrogens is 1. The number of rotatable bonds is 1. The highest BCUT2D eigenvalue weighted by Gasteiger charge is 2.39. The summed E-state index contributed by atoms with van der Waals surface area (Å²) in [6.45, 7) is 3.16. The van der Waals surface area contributed by atoms with Gasteiger partial charge in [-0.05, 0) is 0 Å². The molecule has 1 rings (SSSR count). The third kappa shape index (κ3) is 1.93. The predicted molar refractivity (Wildman–Crippen MR) is 40.0 cm³/mol. The van der Waals surface area contributed by atoms with Crippen LogP contribution < -0.4 is 5.73 Å². The van der Waals surface area contributed by atoms with Gasteiger partial charge in [0, 0.05) is 5.92 Å². The minimum absolute atomic E-state index is 0.218. The molecule has 0 amide bonds. The van der Waals surface area contributed by atoms with E-state index >= 15 is 0 Å². The van der Waals surface area contributed by atoms with Crippen molar-refractivity contribution >= 4 is 6.01 Å². The normalized spacial score (nSPS) is 12.5. The summed E-state index contributed by atoms with van der Waals surface area (Å²) in [6, 6.07) is -0.448. The van der Waals surface area contributed by atoms with Crippen LogP contribution >= 0.6 is 0 Å². The Balaban J connectivity index is 3.20. The minimum Gasteiger partial charge on any atom is -0.428 e. The van der Waals surface area contributed by atoms with Gasteiger partial charge in [0.25, 0.3) is 6.01 Å². The molecule has 0 saturated heterocycles. The fourth-order valence-electron chi connectivity index (χ4n) is 0.943. The van der Waals surface area contributed by atoms with Crippen molar-refractivity contribution in [2.45, 2.75) is 25.9 Å². The summed E-state index contributed by atoms with van der Waals surface area (Å²) in [5.74, 6) is -0.605. The summed E-state index contributed by atoms with van der Waals surface area (Å²) in [7, 11) is 0. The van der Waals surface area contributed by atoms with Crippen molar-refractivity contribution in [3.05, 3.63) is 11.5 Å². The molecule has 0 spiro atoms. The summed E-state index contributed by atoms with van der Waals surface area (Å²) in [5.41, 5.74) is 4.01. The monoisotopic (exact) mass is 194 g/mol. The van der Waals surface area contributed by atoms with E-state index in [-0.39, 0.29) is 11.7 Å². The topological polar surface area (TPSA) is 52.0 Å². The predicted octanol–water partition coefficient (Wildman–Crippen LogP) is 2.40. The smallest absolute Gasteiger partial charge is 0.428 e. The lowest BCUT2D eigenvalue weighted by atomic mass is 10.1. The van der Waals surface area contributed by atoms with Gasteiger partial charge in [-0.3, -0.25) is 0 Å². The SMILES string of the molecule is CC(C)c1oc(N)nc1C(F)(F)F. The Labute approximate surface area is 72.7 Å². The van der Waals surface area contributed by atoms with Crippen LogP contribution in [-0.2, 0) is 6.18 Å². The number of alkyl halides is 3. The van der Waals surface area contributed by atoms with Crippen LogP contribution in [0.3, 0.4) is 0 Å². The maximum atomic E-state index is 12.2. The summed E-state index contributed by atoms with van der Waals surface area (Å²) < 4.78 is 41.4. The first kappa shape index (κ1) is 9.88. The number of anilines is 1. The lowest BCUT2D eigenvalue weighted by Crippen LogP contribution is -2.09. The molecule has 1 aromatic heterocycles. The highest BCUT2D eigenvalue weighted by molar-refractivity contribution is 5.24. The number of oxazole rings is 1. The molecule has 6 heteroatoms. The molecule has 2 N–H and O–H groups in total. The summed E-state index contributed by atoms with van der Waals surface area (Å²) in [6.07, 6.45) is -4.50. The molecule has 1 aromatic rings. The quantitative estimate of drug-likeness (QED) is 0.746. The van der Waals surface area contributed by atoms with Crippen LogP contribution in [0, 0.1) is 0 Å². The van der Waals surface area contributed by atoms with Crippen LogP contribution in [0.5, 0.6) is 0 Å². The zero-order valence-electron chi connectivity index (χ0n) is 7.14. The standard InChI is InChI=1S/C7H9F3N2O/c1-3(2)4-5(7(8,9)10)12-6(11)13-4/h3H,1-2H3,(H2,11,12). The van der Waals surface area contributed by atoms with Crippen molar-refractivity contribution in [3.63, 3.8) is 0 Å². The molecule has 3 nitrogen and oxygen atoms in total. The molecule has 0 bridgehead atoms. The van der Waals surface area contributed by atoms with Gasteiger partial charge in [0.1, 0.15) is 5.76 Å². The second kappa shape index (κ2) is 2.93. The Morgan fingerprint density at radius 2 is 1.92 bits per heavy atom. The second-order valence-corrected chi connectivity index (χ2v) is 2.92. The fraction of sp³-hybridized carbons (Fsp3) is 0.571. The molecule has 74 valence electrons. The lowest BCUT2D eigenvalue weighted by molar-refractivity contribution is -0.142. The Kier molecular flexibility index (Phi) is 2.23. The molecule has 0 saturated carbocycles. The van der Waals surface area contributed by atoms with Gasteiger partial charge < -0.3 is 10.2 Å². The van der Waals surface area contributed by atoms with E-state index in [0.717, 1.165) is 0 Å². The van der Waals surface area contributed by atoms with Gasteiger partial charge in [-0.2, -0.15) is 18.2 Å². The van der Waals surface area contributed by atoms with E-state index in [9.17, 15) is 13.2 Å². The number of hydrogen-bond donors (Lipinski definition) is 1. The Hall–Kier alpha value is -1.20. The zero-order chi connectivity index (χ0) is 10.2. The van der Waals surface area contributed by atoms with Gasteiger partial charge in [-0.1, -0.05) is 13.8 Å². The maximum absolute atomic E-state index is 12.2. The molecule has 0 aliphatic carbocycles. The molecule has 0 aliphatic heterocycles. The average molecular weight is 194 g/mol. The number of nitrogens with zero attached hydrogens (tertiary/aromatic N) is 1. The highest BCUT2D eigenvalue weighted by atomic mass is 19.4. The largest absolute Gasteiger partial charge is 0.436 e. The van der Waals surface area contributed by atoms with Gasteiger partial charge in [0.05, 0.1) is 0 Å². The van der Waals surface area contributed by atoms with Crippen molar-refractivity contribution in [1.29, 1.82) is 0 Å². The summed E-state index contributed by atoms with van der Waals surface area (Å²) >= 11 is 0. The van der Waals surface area contributed by atoms with E-state index in [4.69, 9.17) is 5.73 Å². The van der Waals surface area contributed by atoms with Crippen LogP contribution in [0.15, 0.2) is 4.42 Å². The molecule has 0 aliphatic rings. The molecule has 0 unspecified atom stereocenters. The molecule has 0 atom stereocenters. The van der Waals surface area contributed by atoms with Gasteiger partial charge in [0.2, 0.25) is 0 Å². The first-order valence-corrected chi connectivity index (χ1v) is 3.65. The van der Waals surface area contributed by atoms with Crippen LogP contribution in [0.4, 0.5) is 19.2 Å². The van der Waals surface area contributed by atoms with Crippen molar-refractivity contribution in [3.8, 4) is 0 Å². The van der Waals surface area contributed by atoms with E-state index in [1.807, 2.05) is 0 Å². The number of nitrogen functional groups attached to an aromatic ring is 1. The van der Waals surface area contributed by atoms with Gasteiger partial charge >= 0.3 is 6.18 Å². The summed E-state index contributed by atoms with van der Waals surface area (Å²) in [4.78, 5) is 3.09. The van der Waals surface area contributed by atoms with E-state index in [1.54, 1.807) is 13.8 Å². The van der Waals surface area contributed by atoms with E-state index in [1.165, 1.54) is 0 Å². The Bertz CT molecular complexity index is 303. The Morgan fingerprint density at radius 3 is 2.23 bits per heavy atom. The van der Waals surface area contributed by atoms with Gasteiger partial charge in [-0.15, -0.1) is 0 Å². The first-order valence-electron chi connectivity index (χ1n) is 3.65. The molecule has 0 aromatic carbocycles. The third-order valence-electron chi connectivity index (χ3n) is 1.46. The van der Waals surface area contributed by atoms with Crippen LogP contribution in [0.25, 0.3) is 0 Å². The van der Waals surface area contributed by atoms with Crippen LogP contribution in [0.1, 0.15) is 31.2 Å². The second-order valence-electron chi connectivity index (χ2n) is 2.92. The summed E-state index contributed by atoms with van der Waals surface area (Å²) in [5, 5.41) is 0. The van der Waals surface area contributed by atoms with Gasteiger partial charge in [-0.25, -0.2) is 0 Å². The number of halogens is 3. The number of hydrogen-bond acceptors (Lipinski definition) is 3. The molecule has 1 heterocycles. The van der Waals surface area contributed by atoms with E-state index < -0.39 is 17.9 Å². The average Bonchev–Trinajstić information content (AvgIpc) is 2.29. The van der Waals surface area contributed by atoms with Crippen molar-refractivity contribution in [1.82, 2.24) is 4.98 Å². The fourth-order valence-corrected chi connectivity index (χ4v) is 0.943. The highest BCUT2D eigenvalue weighted by Crippen LogP contribution is 2.35. The van der Waals surface area contributed by atoms with Gasteiger partial charge in [0.15, 0.2) is 5.69 Å². The first-order chi connectivity index (χ1) is 5.82. The zero-order valence-corrected chi connectivity index (χ0v) is 7.14. The molecular formula is C7H9F3N2O. The maximum Gasteiger partial charge on any atom is 0.436 e. The van der Waals surface area contributed by atoms with Crippen molar-refractivity contribution in [2.75, 3.05) is 5.73 Å². The van der Waals surface area contributed by atoms with Crippen molar-refractivity contribution in [2.24, 2.45) is 0 Å². The molecule has 13 heavy (non-hydrogen) atoms. The van der Waals surface area contributed by atoms with E-state index in [2.05, 4.69) is 9.40 Å². The van der Waals surface area contributed by atoms with Crippen LogP contribution in [0.2, 0.25) is 0 Å². The molecule has 0 radical (unpaired) electrons. The third-order valence-corrected chi connectivity index (χ3v) is 1.46. The minimum atomic E-state index is -4.50. The molecule has 0 fully saturated rings. The van der Waals surface area contributed by atoms with E-state index in [0.29, 0.717) is 0 Å². The van der Waals surface area contributed by atoms with Crippen LogP contribution in [-0.4, -0.2) is 4.98 Å². The van der Waals surface area contributed by atoms with Crippen molar-refractivity contribution < 1.29 is 17.6 Å². The number of nitrogens with two attached hydrogens (primary N) is 1.